The average molecular weight is 616 g/mol. The topological polar surface area (TPSA) is 103 Å². The Morgan fingerprint density at radius 3 is 2.50 bits per heavy atom. The Bertz CT molecular complexity index is 1660. The van der Waals surface area contributed by atoms with Gasteiger partial charge in [0.15, 0.2) is 5.82 Å². The number of likely N-dealkylation sites (tertiary alicyclic amines) is 1. The first-order valence-corrected chi connectivity index (χ1v) is 14.7. The summed E-state index contributed by atoms with van der Waals surface area (Å²) in [5, 5.41) is 13.3. The highest BCUT2D eigenvalue weighted by molar-refractivity contribution is 5.95. The van der Waals surface area contributed by atoms with Gasteiger partial charge in [-0.1, -0.05) is 6.92 Å². The minimum Gasteiger partial charge on any atom is -0.463 e. The van der Waals surface area contributed by atoms with E-state index in [4.69, 9.17) is 10.5 Å². The number of halogens is 5. The highest BCUT2D eigenvalue weighted by atomic mass is 19.4. The summed E-state index contributed by atoms with van der Waals surface area (Å²) in [6.07, 6.45) is -1.27. The van der Waals surface area contributed by atoms with Crippen LogP contribution in [0.15, 0.2) is 12.1 Å². The average Bonchev–Trinajstić information content (AvgIpc) is 3.28. The number of hydrogen-bond donors (Lipinski definition) is 2. The molecule has 3 saturated heterocycles. The number of nitriles is 1. The molecule has 3 fully saturated rings. The highest BCUT2D eigenvalue weighted by Gasteiger charge is 2.40. The zero-order valence-electron chi connectivity index (χ0n) is 24.8. The summed E-state index contributed by atoms with van der Waals surface area (Å²) in [5.74, 6) is -2.38. The second-order valence-electron chi connectivity index (χ2n) is 12.8. The van der Waals surface area contributed by atoms with E-state index >= 15 is 8.78 Å². The lowest BCUT2D eigenvalue weighted by molar-refractivity contribution is -0.137. The zero-order chi connectivity index (χ0) is 31.6. The van der Waals surface area contributed by atoms with Crippen LogP contribution in [0.3, 0.4) is 0 Å². The fourth-order valence-corrected chi connectivity index (χ4v) is 7.19. The lowest BCUT2D eigenvalue weighted by Gasteiger charge is -2.38. The largest absolute Gasteiger partial charge is 0.463 e. The van der Waals surface area contributed by atoms with E-state index in [-0.39, 0.29) is 52.6 Å². The van der Waals surface area contributed by atoms with E-state index in [9.17, 15) is 18.4 Å². The number of aromatic nitrogens is 2. The molecule has 1 unspecified atom stereocenters. The van der Waals surface area contributed by atoms with Crippen molar-refractivity contribution in [3.8, 4) is 23.2 Å². The number of fused-ring (bicyclic) bond motifs is 3. The Morgan fingerprint density at radius 2 is 1.86 bits per heavy atom. The molecule has 8 nitrogen and oxygen atoms in total. The van der Waals surface area contributed by atoms with E-state index in [1.165, 1.54) is 0 Å². The Kier molecular flexibility index (Phi) is 7.57. The van der Waals surface area contributed by atoms with Crippen molar-refractivity contribution >= 4 is 22.4 Å². The van der Waals surface area contributed by atoms with Gasteiger partial charge in [-0.05, 0) is 63.9 Å². The molecule has 6 rings (SSSR count). The number of anilines is 2. The Balaban J connectivity index is 1.55. The summed E-state index contributed by atoms with van der Waals surface area (Å²) in [6, 6.07) is 3.74. The van der Waals surface area contributed by atoms with Gasteiger partial charge in [0.2, 0.25) is 0 Å². The van der Waals surface area contributed by atoms with Crippen LogP contribution in [0.5, 0.6) is 6.01 Å². The molecule has 1 aromatic heterocycles. The number of nitrogens with one attached hydrogen (secondary N) is 1. The number of aryl methyl sites for hydroxylation is 1. The van der Waals surface area contributed by atoms with Crippen molar-refractivity contribution in [2.24, 2.45) is 5.41 Å². The third kappa shape index (κ3) is 5.38. The minimum absolute atomic E-state index is 0.00806. The minimum atomic E-state index is -5.03. The number of benzene rings is 2. The molecule has 2 bridgehead atoms. The van der Waals surface area contributed by atoms with Gasteiger partial charge in [0, 0.05) is 48.1 Å². The SMILES string of the molecule is Cc1cc(N)c(C#N)c(-c2c(F)cc3c(N4C[C@H]5CC[C@@H](C4)N5)nc(OCC4(C)CCCN(C)C4)nc3c2F)c1C(F)(F)F. The number of rotatable bonds is 5. The van der Waals surface area contributed by atoms with Crippen LogP contribution in [-0.4, -0.2) is 66.8 Å². The van der Waals surface area contributed by atoms with Gasteiger partial charge in [-0.15, -0.1) is 0 Å². The van der Waals surface area contributed by atoms with Gasteiger partial charge in [-0.2, -0.15) is 28.4 Å². The molecule has 234 valence electrons. The van der Waals surface area contributed by atoms with Crippen molar-refractivity contribution in [2.75, 3.05) is 50.5 Å². The van der Waals surface area contributed by atoms with Crippen LogP contribution in [0.25, 0.3) is 22.0 Å². The Hall–Kier alpha value is -3.76. The molecule has 0 radical (unpaired) electrons. The lowest BCUT2D eigenvalue weighted by atomic mass is 9.83. The predicted molar refractivity (Wildman–Crippen MR) is 156 cm³/mol. The molecule has 4 heterocycles. The number of ether oxygens (including phenoxy) is 1. The molecule has 0 amide bonds. The van der Waals surface area contributed by atoms with Crippen LogP contribution in [0.4, 0.5) is 33.5 Å². The fourth-order valence-electron chi connectivity index (χ4n) is 7.19. The first-order chi connectivity index (χ1) is 20.8. The van der Waals surface area contributed by atoms with E-state index < -0.39 is 45.6 Å². The first kappa shape index (κ1) is 30.3. The molecular weight excluding hydrogens is 581 g/mol. The third-order valence-electron chi connectivity index (χ3n) is 9.08. The second kappa shape index (κ2) is 11.0. The highest BCUT2D eigenvalue weighted by Crippen LogP contribution is 2.46. The van der Waals surface area contributed by atoms with E-state index in [1.54, 1.807) is 6.07 Å². The van der Waals surface area contributed by atoms with Crippen molar-refractivity contribution < 1.29 is 26.7 Å². The van der Waals surface area contributed by atoms with Gasteiger partial charge >= 0.3 is 12.2 Å². The number of nitrogens with zero attached hydrogens (tertiary/aromatic N) is 5. The predicted octanol–water partition coefficient (Wildman–Crippen LogP) is 5.41. The molecule has 3 aliphatic heterocycles. The third-order valence-corrected chi connectivity index (χ3v) is 9.08. The van der Waals surface area contributed by atoms with Gasteiger partial charge in [0.05, 0.1) is 29.0 Å². The van der Waals surface area contributed by atoms with Gasteiger partial charge < -0.3 is 25.6 Å². The van der Waals surface area contributed by atoms with Gasteiger partial charge in [-0.25, -0.2) is 8.78 Å². The standard InChI is InChI=1S/C31H34F5N7O/c1-16-9-22(38)20(11-37)23(25(16)31(34,35)36)24-21(32)10-19-27(26(24)33)40-29(44-15-30(2)7-4-8-42(3)14-30)41-28(19)43-12-17-5-6-18(13-43)39-17/h9-10,17-18,39H,4-8,12-15,38H2,1-3H3/t17-,18+,30?. The molecule has 3 N–H and O–H groups in total. The summed E-state index contributed by atoms with van der Waals surface area (Å²) in [4.78, 5) is 13.1. The van der Waals surface area contributed by atoms with Gasteiger partial charge in [-0.3, -0.25) is 0 Å². The molecule has 2 aromatic carbocycles. The van der Waals surface area contributed by atoms with Crippen LogP contribution >= 0.6 is 0 Å². The van der Waals surface area contributed by atoms with Crippen LogP contribution < -0.4 is 20.7 Å². The summed E-state index contributed by atoms with van der Waals surface area (Å²) >= 11 is 0. The monoisotopic (exact) mass is 615 g/mol. The molecule has 44 heavy (non-hydrogen) atoms. The maximum Gasteiger partial charge on any atom is 0.417 e. The molecule has 0 aliphatic carbocycles. The van der Waals surface area contributed by atoms with Crippen LogP contribution in [0.2, 0.25) is 0 Å². The van der Waals surface area contributed by atoms with Crippen LogP contribution in [0, 0.1) is 35.3 Å². The van der Waals surface area contributed by atoms with Crippen LogP contribution in [-0.2, 0) is 6.18 Å². The van der Waals surface area contributed by atoms with E-state index in [1.807, 2.05) is 11.9 Å². The molecular formula is C31H34F5N7O. The normalized spacial score (nSPS) is 24.1. The van der Waals surface area contributed by atoms with E-state index in [0.29, 0.717) is 13.1 Å². The first-order valence-electron chi connectivity index (χ1n) is 14.7. The summed E-state index contributed by atoms with van der Waals surface area (Å²) < 4.78 is 81.8. The van der Waals surface area contributed by atoms with Crippen molar-refractivity contribution in [3.05, 3.63) is 40.5 Å². The van der Waals surface area contributed by atoms with Gasteiger partial charge in [0.25, 0.3) is 0 Å². The van der Waals surface area contributed by atoms with E-state index in [0.717, 1.165) is 57.8 Å². The molecule has 0 saturated carbocycles. The molecule has 3 aliphatic rings. The van der Waals surface area contributed by atoms with E-state index in [2.05, 4.69) is 27.1 Å². The number of piperidine rings is 1. The van der Waals surface area contributed by atoms with Crippen molar-refractivity contribution in [1.29, 1.82) is 5.26 Å². The van der Waals surface area contributed by atoms with Crippen molar-refractivity contribution in [3.63, 3.8) is 0 Å². The second-order valence-corrected chi connectivity index (χ2v) is 12.8. The molecule has 3 aromatic rings. The lowest BCUT2D eigenvalue weighted by Crippen LogP contribution is -2.51. The molecule has 0 spiro atoms. The summed E-state index contributed by atoms with van der Waals surface area (Å²) in [7, 11) is 2.02. The number of alkyl halides is 3. The Labute approximate surface area is 252 Å². The summed E-state index contributed by atoms with van der Waals surface area (Å²) in [5.41, 5.74) is 0.635. The smallest absolute Gasteiger partial charge is 0.417 e. The number of hydrogen-bond acceptors (Lipinski definition) is 8. The summed E-state index contributed by atoms with van der Waals surface area (Å²) in [6.45, 7) is 6.23. The maximum absolute atomic E-state index is 16.6. The Morgan fingerprint density at radius 1 is 1.16 bits per heavy atom. The van der Waals surface area contributed by atoms with Crippen LogP contribution in [0.1, 0.15) is 49.3 Å². The molecule has 3 atom stereocenters. The zero-order valence-corrected chi connectivity index (χ0v) is 24.8. The van der Waals surface area contributed by atoms with Crippen molar-refractivity contribution in [2.45, 2.75) is 57.8 Å². The number of nitrogens with two attached hydrogens (primary N) is 1. The maximum atomic E-state index is 16.6. The van der Waals surface area contributed by atoms with Crippen molar-refractivity contribution in [1.82, 2.24) is 20.2 Å². The fraction of sp³-hybridized carbons (Fsp3) is 0.516. The number of nitrogen functional groups attached to an aromatic ring is 1. The quantitative estimate of drug-likeness (QED) is 0.290. The van der Waals surface area contributed by atoms with Gasteiger partial charge in [0.1, 0.15) is 23.2 Å². The molecule has 13 heteroatoms. The number of piperazine rings is 1.